The fourth-order valence-corrected chi connectivity index (χ4v) is 3.21. The molecule has 0 fully saturated rings. The Morgan fingerprint density at radius 3 is 2.56 bits per heavy atom. The molecule has 3 rings (SSSR count). The minimum atomic E-state index is -0.255. The lowest BCUT2D eigenvalue weighted by molar-refractivity contribution is 0.101. The van der Waals surface area contributed by atoms with Crippen LogP contribution < -0.4 is 4.74 Å². The van der Waals surface area contributed by atoms with Gasteiger partial charge >= 0.3 is 0 Å². The normalized spacial score (nSPS) is 10.6. The zero-order valence-electron chi connectivity index (χ0n) is 15.1. The number of rotatable bonds is 7. The lowest BCUT2D eigenvalue weighted by Gasteiger charge is -2.09. The second-order valence-corrected chi connectivity index (χ2v) is 6.88. The van der Waals surface area contributed by atoms with E-state index in [1.807, 2.05) is 13.0 Å². The van der Waals surface area contributed by atoms with Gasteiger partial charge in [-0.2, -0.15) is 4.98 Å². The number of aryl methyl sites for hydroxylation is 1. The van der Waals surface area contributed by atoms with E-state index in [9.17, 15) is 9.18 Å². The third-order valence-electron chi connectivity index (χ3n) is 3.84. The second kappa shape index (κ2) is 8.77. The Morgan fingerprint density at radius 2 is 1.89 bits per heavy atom. The molecule has 0 saturated carbocycles. The number of carbonyl (C=O) groups is 1. The molecule has 0 aliphatic carbocycles. The summed E-state index contributed by atoms with van der Waals surface area (Å²) in [5.74, 6) is 1.36. The largest absolute Gasteiger partial charge is 0.439 e. The SMILES string of the molecule is CCc1cc(Oc2ccc(C(C)=O)cc2)nc(SCc2cccc(F)c2)n1. The Balaban J connectivity index is 1.75. The van der Waals surface area contributed by atoms with Crippen LogP contribution in [-0.2, 0) is 12.2 Å². The number of Topliss-reactive ketones (excluding diaryl/α,β-unsaturated/α-hetero) is 1. The first kappa shape index (κ1) is 19.0. The van der Waals surface area contributed by atoms with Gasteiger partial charge in [-0.1, -0.05) is 30.8 Å². The van der Waals surface area contributed by atoms with Crippen molar-refractivity contribution in [3.05, 3.63) is 77.2 Å². The smallest absolute Gasteiger partial charge is 0.223 e. The van der Waals surface area contributed by atoms with Crippen LogP contribution in [0.2, 0.25) is 0 Å². The maximum atomic E-state index is 13.3. The van der Waals surface area contributed by atoms with Gasteiger partial charge in [-0.05, 0) is 55.3 Å². The summed E-state index contributed by atoms with van der Waals surface area (Å²) in [7, 11) is 0. The zero-order valence-corrected chi connectivity index (χ0v) is 15.9. The minimum absolute atomic E-state index is 0.00731. The molecule has 1 heterocycles. The predicted octanol–water partition coefficient (Wildman–Crippen LogP) is 5.47. The number of halogens is 1. The molecule has 0 N–H and O–H groups in total. The summed E-state index contributed by atoms with van der Waals surface area (Å²) in [6.45, 7) is 3.53. The minimum Gasteiger partial charge on any atom is -0.439 e. The van der Waals surface area contributed by atoms with Gasteiger partial charge < -0.3 is 4.74 Å². The predicted molar refractivity (Wildman–Crippen MR) is 104 cm³/mol. The van der Waals surface area contributed by atoms with Gasteiger partial charge in [0.2, 0.25) is 5.88 Å². The van der Waals surface area contributed by atoms with E-state index < -0.39 is 0 Å². The van der Waals surface area contributed by atoms with E-state index in [0.29, 0.717) is 28.1 Å². The van der Waals surface area contributed by atoms with Crippen LogP contribution >= 0.6 is 11.8 Å². The fraction of sp³-hybridized carbons (Fsp3) is 0.190. The molecule has 27 heavy (non-hydrogen) atoms. The molecule has 6 heteroatoms. The molecule has 0 saturated heterocycles. The summed E-state index contributed by atoms with van der Waals surface area (Å²) >= 11 is 1.43. The van der Waals surface area contributed by atoms with Crippen molar-refractivity contribution in [1.82, 2.24) is 9.97 Å². The van der Waals surface area contributed by atoms with Crippen molar-refractivity contribution in [2.45, 2.75) is 31.2 Å². The molecule has 0 radical (unpaired) electrons. The topological polar surface area (TPSA) is 52.1 Å². The zero-order chi connectivity index (χ0) is 19.2. The number of carbonyl (C=O) groups excluding carboxylic acids is 1. The average Bonchev–Trinajstić information content (AvgIpc) is 2.66. The second-order valence-electron chi connectivity index (χ2n) is 5.93. The van der Waals surface area contributed by atoms with E-state index in [1.54, 1.807) is 36.4 Å². The van der Waals surface area contributed by atoms with Crippen molar-refractivity contribution in [3.8, 4) is 11.6 Å². The van der Waals surface area contributed by atoms with Crippen LogP contribution in [0.3, 0.4) is 0 Å². The Labute approximate surface area is 161 Å². The maximum Gasteiger partial charge on any atom is 0.223 e. The Morgan fingerprint density at radius 1 is 1.11 bits per heavy atom. The number of nitrogens with zero attached hydrogens (tertiary/aromatic N) is 2. The van der Waals surface area contributed by atoms with Crippen LogP contribution in [0.15, 0.2) is 59.8 Å². The molecule has 0 amide bonds. The molecule has 3 aromatic rings. The highest BCUT2D eigenvalue weighted by molar-refractivity contribution is 7.98. The van der Waals surface area contributed by atoms with Crippen LogP contribution in [0.25, 0.3) is 0 Å². The molecule has 0 aliphatic heterocycles. The van der Waals surface area contributed by atoms with Gasteiger partial charge in [0.05, 0.1) is 0 Å². The molecule has 0 spiro atoms. The van der Waals surface area contributed by atoms with Crippen molar-refractivity contribution in [3.63, 3.8) is 0 Å². The van der Waals surface area contributed by atoms with Gasteiger partial charge in [0.1, 0.15) is 11.6 Å². The first-order valence-electron chi connectivity index (χ1n) is 8.57. The van der Waals surface area contributed by atoms with E-state index >= 15 is 0 Å². The van der Waals surface area contributed by atoms with E-state index in [1.165, 1.54) is 30.8 Å². The highest BCUT2D eigenvalue weighted by atomic mass is 32.2. The first-order chi connectivity index (χ1) is 13.0. The van der Waals surface area contributed by atoms with Crippen molar-refractivity contribution >= 4 is 17.5 Å². The third kappa shape index (κ3) is 5.37. The number of hydrogen-bond donors (Lipinski definition) is 0. The van der Waals surface area contributed by atoms with E-state index in [2.05, 4.69) is 9.97 Å². The van der Waals surface area contributed by atoms with Crippen LogP contribution in [0.4, 0.5) is 4.39 Å². The van der Waals surface area contributed by atoms with E-state index in [4.69, 9.17) is 4.74 Å². The lowest BCUT2D eigenvalue weighted by atomic mass is 10.1. The van der Waals surface area contributed by atoms with Crippen LogP contribution in [0.5, 0.6) is 11.6 Å². The molecule has 2 aromatic carbocycles. The summed E-state index contributed by atoms with van der Waals surface area (Å²) in [5.41, 5.74) is 2.36. The number of aromatic nitrogens is 2. The van der Waals surface area contributed by atoms with Crippen molar-refractivity contribution < 1.29 is 13.9 Å². The summed E-state index contributed by atoms with van der Waals surface area (Å²) in [4.78, 5) is 20.3. The fourth-order valence-electron chi connectivity index (χ4n) is 2.40. The van der Waals surface area contributed by atoms with Gasteiger partial charge in [0.25, 0.3) is 0 Å². The molecule has 0 aliphatic rings. The molecule has 0 unspecified atom stereocenters. The van der Waals surface area contributed by atoms with Gasteiger partial charge in [-0.3, -0.25) is 4.79 Å². The van der Waals surface area contributed by atoms with Gasteiger partial charge in [-0.15, -0.1) is 0 Å². The lowest BCUT2D eigenvalue weighted by Crippen LogP contribution is -1.98. The highest BCUT2D eigenvalue weighted by Gasteiger charge is 2.08. The Bertz CT molecular complexity index is 945. The molecule has 0 atom stereocenters. The van der Waals surface area contributed by atoms with Gasteiger partial charge in [0.15, 0.2) is 10.9 Å². The molecule has 1 aromatic heterocycles. The summed E-state index contributed by atoms with van der Waals surface area (Å²) in [6, 6.07) is 15.2. The van der Waals surface area contributed by atoms with Crippen LogP contribution in [0.1, 0.15) is 35.5 Å². The monoisotopic (exact) mass is 382 g/mol. The Kier molecular flexibility index (Phi) is 6.19. The molecule has 138 valence electrons. The number of ether oxygens (including phenoxy) is 1. The number of benzene rings is 2. The molecule has 0 bridgehead atoms. The average molecular weight is 382 g/mol. The standard InChI is InChI=1S/C21H19FN2O2S/c1-3-18-12-20(26-19-9-7-16(8-10-19)14(2)25)24-21(23-18)27-13-15-5-4-6-17(22)11-15/h4-12H,3,13H2,1-2H3. The number of ketones is 1. The molecular weight excluding hydrogens is 363 g/mol. The van der Waals surface area contributed by atoms with E-state index in [0.717, 1.165) is 17.7 Å². The maximum absolute atomic E-state index is 13.3. The van der Waals surface area contributed by atoms with Crippen LogP contribution in [-0.4, -0.2) is 15.8 Å². The summed E-state index contributed by atoms with van der Waals surface area (Å²) in [5, 5.41) is 0.578. The van der Waals surface area contributed by atoms with Gasteiger partial charge in [-0.25, -0.2) is 9.37 Å². The van der Waals surface area contributed by atoms with E-state index in [-0.39, 0.29) is 11.6 Å². The Hall–Kier alpha value is -2.73. The first-order valence-corrected chi connectivity index (χ1v) is 9.56. The summed E-state index contributed by atoms with van der Waals surface area (Å²) in [6.07, 6.45) is 0.746. The van der Waals surface area contributed by atoms with Crippen molar-refractivity contribution in [2.75, 3.05) is 0 Å². The molecule has 4 nitrogen and oxygen atoms in total. The van der Waals surface area contributed by atoms with Crippen molar-refractivity contribution in [1.29, 1.82) is 0 Å². The number of hydrogen-bond acceptors (Lipinski definition) is 5. The van der Waals surface area contributed by atoms with Gasteiger partial charge in [0, 0.05) is 23.1 Å². The summed E-state index contributed by atoms with van der Waals surface area (Å²) < 4.78 is 19.1. The van der Waals surface area contributed by atoms with Crippen LogP contribution in [0, 0.1) is 5.82 Å². The molecular formula is C21H19FN2O2S. The number of thioether (sulfide) groups is 1. The highest BCUT2D eigenvalue weighted by Crippen LogP contribution is 2.26. The van der Waals surface area contributed by atoms with Crippen molar-refractivity contribution in [2.24, 2.45) is 0 Å². The quantitative estimate of drug-likeness (QED) is 0.308. The third-order valence-corrected chi connectivity index (χ3v) is 4.76.